The fourth-order valence-electron chi connectivity index (χ4n) is 1.18. The van der Waals surface area contributed by atoms with Gasteiger partial charge in [-0.1, -0.05) is 13.8 Å². The fraction of sp³-hybridized carbons (Fsp3) is 1.00. The predicted molar refractivity (Wildman–Crippen MR) is 34.9 cm³/mol. The van der Waals surface area contributed by atoms with E-state index in [-0.39, 0.29) is 6.79 Å². The molecule has 2 nitrogen and oxygen atoms in total. The van der Waals surface area contributed by atoms with Crippen molar-refractivity contribution in [2.24, 2.45) is 11.8 Å². The van der Waals surface area contributed by atoms with Crippen LogP contribution in [0.5, 0.6) is 0 Å². The maximum absolute atomic E-state index is 8.35. The average Bonchev–Trinajstić information content (AvgIpc) is 2.47. The number of ether oxygens (including phenoxy) is 1. The second-order valence-corrected chi connectivity index (χ2v) is 2.98. The molecule has 0 aromatic carbocycles. The molecule has 0 bridgehead atoms. The number of aliphatic hydroxyl groups is 1. The molecule has 0 heterocycles. The molecule has 0 aromatic rings. The Bertz CT molecular complexity index is 90.9. The third kappa shape index (κ3) is 1.66. The van der Waals surface area contributed by atoms with Crippen LogP contribution in [0.2, 0.25) is 0 Å². The van der Waals surface area contributed by atoms with Crippen molar-refractivity contribution in [2.45, 2.75) is 26.4 Å². The minimum atomic E-state index is -0.117. The third-order valence-electron chi connectivity index (χ3n) is 1.92. The first-order chi connectivity index (χ1) is 4.25. The van der Waals surface area contributed by atoms with Crippen LogP contribution >= 0.6 is 0 Å². The summed E-state index contributed by atoms with van der Waals surface area (Å²) in [5, 5.41) is 8.35. The zero-order valence-electron chi connectivity index (χ0n) is 6.00. The van der Waals surface area contributed by atoms with Gasteiger partial charge in [0.2, 0.25) is 0 Å². The molecular formula is C7H14O2. The second kappa shape index (κ2) is 2.67. The van der Waals surface area contributed by atoms with Gasteiger partial charge >= 0.3 is 0 Å². The van der Waals surface area contributed by atoms with Gasteiger partial charge in [-0.15, -0.1) is 0 Å². The van der Waals surface area contributed by atoms with Crippen molar-refractivity contribution in [1.29, 1.82) is 0 Å². The summed E-state index contributed by atoms with van der Waals surface area (Å²) in [4.78, 5) is 0. The molecule has 9 heavy (non-hydrogen) atoms. The number of rotatable bonds is 3. The maximum atomic E-state index is 8.35. The number of hydrogen-bond acceptors (Lipinski definition) is 2. The van der Waals surface area contributed by atoms with Crippen LogP contribution in [0.1, 0.15) is 20.3 Å². The molecular weight excluding hydrogens is 116 g/mol. The standard InChI is InChI=1S/C7H14O2/c1-5(2)6-3-7(6)9-4-8/h5-8H,3-4H2,1-2H3. The van der Waals surface area contributed by atoms with E-state index in [0.717, 1.165) is 6.42 Å². The lowest BCUT2D eigenvalue weighted by Gasteiger charge is -2.01. The van der Waals surface area contributed by atoms with Crippen LogP contribution < -0.4 is 0 Å². The summed E-state index contributed by atoms with van der Waals surface area (Å²) in [7, 11) is 0. The predicted octanol–water partition coefficient (Wildman–Crippen LogP) is 0.997. The van der Waals surface area contributed by atoms with Crippen molar-refractivity contribution >= 4 is 0 Å². The third-order valence-corrected chi connectivity index (χ3v) is 1.92. The number of aliphatic hydroxyl groups excluding tert-OH is 1. The van der Waals surface area contributed by atoms with E-state index < -0.39 is 0 Å². The minimum Gasteiger partial charge on any atom is -0.371 e. The van der Waals surface area contributed by atoms with Gasteiger partial charge in [0.25, 0.3) is 0 Å². The van der Waals surface area contributed by atoms with E-state index in [1.165, 1.54) is 0 Å². The van der Waals surface area contributed by atoms with E-state index in [2.05, 4.69) is 13.8 Å². The monoisotopic (exact) mass is 130 g/mol. The Labute approximate surface area is 55.8 Å². The molecule has 1 rings (SSSR count). The molecule has 1 fully saturated rings. The molecule has 0 spiro atoms. The summed E-state index contributed by atoms with van der Waals surface area (Å²) in [6.07, 6.45) is 1.49. The first-order valence-corrected chi connectivity index (χ1v) is 3.48. The van der Waals surface area contributed by atoms with E-state index >= 15 is 0 Å². The van der Waals surface area contributed by atoms with Crippen molar-refractivity contribution < 1.29 is 9.84 Å². The molecule has 0 saturated heterocycles. The molecule has 2 unspecified atom stereocenters. The zero-order chi connectivity index (χ0) is 6.85. The Kier molecular flexibility index (Phi) is 2.09. The van der Waals surface area contributed by atoms with E-state index in [1.54, 1.807) is 0 Å². The highest BCUT2D eigenvalue weighted by Gasteiger charge is 2.39. The first kappa shape index (κ1) is 7.03. The zero-order valence-corrected chi connectivity index (χ0v) is 6.00. The van der Waals surface area contributed by atoms with Crippen LogP contribution in [0.25, 0.3) is 0 Å². The molecule has 1 aliphatic carbocycles. The Morgan fingerprint density at radius 3 is 2.67 bits per heavy atom. The largest absolute Gasteiger partial charge is 0.371 e. The molecule has 2 heteroatoms. The van der Waals surface area contributed by atoms with Crippen LogP contribution in [0.15, 0.2) is 0 Å². The van der Waals surface area contributed by atoms with E-state index in [9.17, 15) is 0 Å². The van der Waals surface area contributed by atoms with Gasteiger partial charge in [0, 0.05) is 0 Å². The Hall–Kier alpha value is -0.0800. The van der Waals surface area contributed by atoms with Crippen molar-refractivity contribution in [1.82, 2.24) is 0 Å². The highest BCUT2D eigenvalue weighted by molar-refractivity contribution is 4.89. The molecule has 0 aromatic heterocycles. The van der Waals surface area contributed by atoms with Crippen molar-refractivity contribution in [3.8, 4) is 0 Å². The van der Waals surface area contributed by atoms with E-state index in [4.69, 9.17) is 9.84 Å². The van der Waals surface area contributed by atoms with E-state index in [1.807, 2.05) is 0 Å². The van der Waals surface area contributed by atoms with Crippen LogP contribution in [-0.2, 0) is 4.74 Å². The molecule has 0 amide bonds. The van der Waals surface area contributed by atoms with Crippen LogP contribution in [0, 0.1) is 11.8 Å². The van der Waals surface area contributed by atoms with Crippen LogP contribution in [0.4, 0.5) is 0 Å². The Morgan fingerprint density at radius 1 is 1.67 bits per heavy atom. The molecule has 54 valence electrons. The lowest BCUT2D eigenvalue weighted by molar-refractivity contribution is -0.0191. The lowest BCUT2D eigenvalue weighted by atomic mass is 10.1. The number of hydrogen-bond donors (Lipinski definition) is 1. The smallest absolute Gasteiger partial charge is 0.143 e. The van der Waals surface area contributed by atoms with Crippen LogP contribution in [-0.4, -0.2) is 18.0 Å². The molecule has 0 aliphatic heterocycles. The van der Waals surface area contributed by atoms with Crippen molar-refractivity contribution in [2.75, 3.05) is 6.79 Å². The van der Waals surface area contributed by atoms with Gasteiger partial charge in [0.1, 0.15) is 6.79 Å². The van der Waals surface area contributed by atoms with Gasteiger partial charge in [-0.2, -0.15) is 0 Å². The summed E-state index contributed by atoms with van der Waals surface area (Å²) in [5.74, 6) is 1.42. The molecule has 1 aliphatic rings. The first-order valence-electron chi connectivity index (χ1n) is 3.48. The Balaban J connectivity index is 2.09. The van der Waals surface area contributed by atoms with Crippen LogP contribution in [0.3, 0.4) is 0 Å². The summed E-state index contributed by atoms with van der Waals surface area (Å²) >= 11 is 0. The summed E-state index contributed by atoms with van der Waals surface area (Å²) < 4.78 is 4.98. The normalized spacial score (nSPS) is 33.3. The summed E-state index contributed by atoms with van der Waals surface area (Å²) in [6, 6.07) is 0. The maximum Gasteiger partial charge on any atom is 0.143 e. The topological polar surface area (TPSA) is 29.5 Å². The minimum absolute atomic E-state index is 0.117. The second-order valence-electron chi connectivity index (χ2n) is 2.98. The van der Waals surface area contributed by atoms with Gasteiger partial charge in [-0.05, 0) is 18.3 Å². The van der Waals surface area contributed by atoms with Gasteiger partial charge in [-0.3, -0.25) is 0 Å². The molecule has 2 atom stereocenters. The summed E-state index contributed by atoms with van der Waals surface area (Å²) in [6.45, 7) is 4.25. The SMILES string of the molecule is CC(C)C1CC1OCO. The Morgan fingerprint density at radius 2 is 2.33 bits per heavy atom. The highest BCUT2D eigenvalue weighted by atomic mass is 16.6. The van der Waals surface area contributed by atoms with Gasteiger partial charge < -0.3 is 9.84 Å². The summed E-state index contributed by atoms with van der Waals surface area (Å²) in [5.41, 5.74) is 0. The van der Waals surface area contributed by atoms with E-state index in [0.29, 0.717) is 17.9 Å². The molecule has 1 N–H and O–H groups in total. The van der Waals surface area contributed by atoms with Crippen molar-refractivity contribution in [3.63, 3.8) is 0 Å². The lowest BCUT2D eigenvalue weighted by Crippen LogP contribution is -2.01. The molecule has 0 radical (unpaired) electrons. The van der Waals surface area contributed by atoms with Gasteiger partial charge in [0.05, 0.1) is 6.10 Å². The average molecular weight is 130 g/mol. The molecule has 1 saturated carbocycles. The quantitative estimate of drug-likeness (QED) is 0.577. The van der Waals surface area contributed by atoms with Crippen molar-refractivity contribution in [3.05, 3.63) is 0 Å². The fourth-order valence-corrected chi connectivity index (χ4v) is 1.18. The van der Waals surface area contributed by atoms with Gasteiger partial charge in [0.15, 0.2) is 0 Å². The highest BCUT2D eigenvalue weighted by Crippen LogP contribution is 2.39. The van der Waals surface area contributed by atoms with Gasteiger partial charge in [-0.25, -0.2) is 0 Å².